The van der Waals surface area contributed by atoms with E-state index in [0.717, 1.165) is 6.42 Å². The molecule has 0 heterocycles. The molecule has 132 valence electrons. The first-order valence-electron chi connectivity index (χ1n) is 7.62. The number of nitro groups is 1. The molecule has 1 amide bonds. The molecule has 2 aromatic rings. The Kier molecular flexibility index (Phi) is 5.78. The number of nitrogens with one attached hydrogen (secondary N) is 1. The van der Waals surface area contributed by atoms with Crippen LogP contribution in [0.1, 0.15) is 23.7 Å². The van der Waals surface area contributed by atoms with Crippen molar-refractivity contribution in [3.05, 3.63) is 52.1 Å². The number of nitrogens with zero attached hydrogens (tertiary/aromatic N) is 1. The van der Waals surface area contributed by atoms with Crippen LogP contribution in [0.3, 0.4) is 0 Å². The number of nitro benzene ring substituents is 1. The van der Waals surface area contributed by atoms with Crippen LogP contribution in [0, 0.1) is 10.1 Å². The fraction of sp³-hybridized carbons (Fsp3) is 0.235. The van der Waals surface area contributed by atoms with E-state index in [1.54, 1.807) is 12.1 Å². The standard InChI is InChI=1S/C17H19N3O5/c1-3-8-25-15-6-4-11(9-13(15)18)17(21)19-14-10-12(20(22)23)5-7-16(14)24-2/h4-7,9-10H,3,8,18H2,1-2H3,(H,19,21). The molecule has 0 atom stereocenters. The quantitative estimate of drug-likeness (QED) is 0.452. The number of non-ortho nitro benzene ring substituents is 1. The molecule has 3 N–H and O–H groups in total. The van der Waals surface area contributed by atoms with Gasteiger partial charge in [-0.25, -0.2) is 0 Å². The molecule has 25 heavy (non-hydrogen) atoms. The Bertz CT molecular complexity index is 792. The Hall–Kier alpha value is -3.29. The van der Waals surface area contributed by atoms with Crippen LogP contribution in [0.25, 0.3) is 0 Å². The Morgan fingerprint density at radius 2 is 1.96 bits per heavy atom. The molecular weight excluding hydrogens is 326 g/mol. The molecule has 2 aromatic carbocycles. The number of anilines is 2. The fourth-order valence-electron chi connectivity index (χ4n) is 2.13. The van der Waals surface area contributed by atoms with Gasteiger partial charge in [-0.05, 0) is 30.7 Å². The first kappa shape index (κ1) is 18.1. The molecule has 0 saturated heterocycles. The number of nitrogens with two attached hydrogens (primary N) is 1. The summed E-state index contributed by atoms with van der Waals surface area (Å²) in [5, 5.41) is 13.5. The molecule has 8 nitrogen and oxygen atoms in total. The van der Waals surface area contributed by atoms with E-state index in [0.29, 0.717) is 29.4 Å². The van der Waals surface area contributed by atoms with Crippen LogP contribution >= 0.6 is 0 Å². The number of methoxy groups -OCH3 is 1. The van der Waals surface area contributed by atoms with Gasteiger partial charge in [0.1, 0.15) is 11.5 Å². The summed E-state index contributed by atoms with van der Waals surface area (Å²) in [4.78, 5) is 22.8. The Labute approximate surface area is 144 Å². The zero-order valence-electron chi connectivity index (χ0n) is 13.9. The number of ether oxygens (including phenoxy) is 2. The van der Waals surface area contributed by atoms with Crippen LogP contribution in [-0.2, 0) is 0 Å². The van der Waals surface area contributed by atoms with Crippen molar-refractivity contribution < 1.29 is 19.2 Å². The summed E-state index contributed by atoms with van der Waals surface area (Å²) >= 11 is 0. The van der Waals surface area contributed by atoms with Crippen molar-refractivity contribution in [3.8, 4) is 11.5 Å². The third-order valence-corrected chi connectivity index (χ3v) is 3.38. The molecule has 0 fully saturated rings. The molecule has 0 spiro atoms. The highest BCUT2D eigenvalue weighted by Crippen LogP contribution is 2.30. The highest BCUT2D eigenvalue weighted by Gasteiger charge is 2.15. The highest BCUT2D eigenvalue weighted by atomic mass is 16.6. The number of hydrogen-bond acceptors (Lipinski definition) is 6. The molecule has 0 aliphatic heterocycles. The number of carbonyl (C=O) groups is 1. The van der Waals surface area contributed by atoms with E-state index >= 15 is 0 Å². The van der Waals surface area contributed by atoms with Gasteiger partial charge >= 0.3 is 0 Å². The average molecular weight is 345 g/mol. The van der Waals surface area contributed by atoms with Crippen molar-refractivity contribution in [2.75, 3.05) is 24.8 Å². The minimum Gasteiger partial charge on any atom is -0.495 e. The molecule has 0 radical (unpaired) electrons. The van der Waals surface area contributed by atoms with Crippen molar-refractivity contribution in [1.82, 2.24) is 0 Å². The summed E-state index contributed by atoms with van der Waals surface area (Å²) in [6, 6.07) is 8.63. The molecule has 2 rings (SSSR count). The summed E-state index contributed by atoms with van der Waals surface area (Å²) in [6.07, 6.45) is 0.842. The minimum absolute atomic E-state index is 0.154. The predicted molar refractivity (Wildman–Crippen MR) is 94.2 cm³/mol. The zero-order chi connectivity index (χ0) is 18.4. The topological polar surface area (TPSA) is 117 Å². The summed E-state index contributed by atoms with van der Waals surface area (Å²) in [7, 11) is 1.41. The average Bonchev–Trinajstić information content (AvgIpc) is 2.60. The Morgan fingerprint density at radius 1 is 1.24 bits per heavy atom. The van der Waals surface area contributed by atoms with E-state index in [9.17, 15) is 14.9 Å². The lowest BCUT2D eigenvalue weighted by molar-refractivity contribution is -0.384. The van der Waals surface area contributed by atoms with E-state index in [2.05, 4.69) is 5.32 Å². The summed E-state index contributed by atoms with van der Waals surface area (Å²) < 4.78 is 10.6. The van der Waals surface area contributed by atoms with Crippen molar-refractivity contribution in [1.29, 1.82) is 0 Å². The molecule has 0 unspecified atom stereocenters. The van der Waals surface area contributed by atoms with Gasteiger partial charge in [-0.3, -0.25) is 14.9 Å². The van der Waals surface area contributed by atoms with Crippen LogP contribution in [0.4, 0.5) is 17.1 Å². The second kappa shape index (κ2) is 8.00. The third-order valence-electron chi connectivity index (χ3n) is 3.38. The normalized spacial score (nSPS) is 10.2. The van der Waals surface area contributed by atoms with Crippen LogP contribution in [-0.4, -0.2) is 24.5 Å². The first-order valence-corrected chi connectivity index (χ1v) is 7.62. The highest BCUT2D eigenvalue weighted by molar-refractivity contribution is 6.05. The summed E-state index contributed by atoms with van der Waals surface area (Å²) in [6.45, 7) is 2.51. The number of nitrogen functional groups attached to an aromatic ring is 1. The molecular formula is C17H19N3O5. The smallest absolute Gasteiger partial charge is 0.271 e. The summed E-state index contributed by atoms with van der Waals surface area (Å²) in [5.41, 5.74) is 6.58. The monoisotopic (exact) mass is 345 g/mol. The van der Waals surface area contributed by atoms with Crippen LogP contribution < -0.4 is 20.5 Å². The number of amides is 1. The van der Waals surface area contributed by atoms with E-state index in [-0.39, 0.29) is 11.4 Å². The molecule has 0 aliphatic rings. The second-order valence-electron chi connectivity index (χ2n) is 5.20. The van der Waals surface area contributed by atoms with E-state index < -0.39 is 10.8 Å². The molecule has 0 aromatic heterocycles. The molecule has 8 heteroatoms. The maximum Gasteiger partial charge on any atom is 0.271 e. The first-order chi connectivity index (χ1) is 12.0. The second-order valence-corrected chi connectivity index (χ2v) is 5.20. The molecule has 0 aliphatic carbocycles. The van der Waals surface area contributed by atoms with Crippen molar-refractivity contribution >= 4 is 23.0 Å². The van der Waals surface area contributed by atoms with Crippen molar-refractivity contribution in [2.45, 2.75) is 13.3 Å². The van der Waals surface area contributed by atoms with Gasteiger partial charge in [0.05, 0.1) is 30.0 Å². The van der Waals surface area contributed by atoms with Gasteiger partial charge in [-0.15, -0.1) is 0 Å². The molecule has 0 saturated carbocycles. The number of rotatable bonds is 7. The lowest BCUT2D eigenvalue weighted by Crippen LogP contribution is -2.13. The molecule has 0 bridgehead atoms. The maximum atomic E-state index is 12.4. The predicted octanol–water partition coefficient (Wildman–Crippen LogP) is 3.23. The SMILES string of the molecule is CCCOc1ccc(C(=O)Nc2cc([N+](=O)[O-])ccc2OC)cc1N. The van der Waals surface area contributed by atoms with Gasteiger partial charge in [0.15, 0.2) is 0 Å². The Balaban J connectivity index is 2.23. The maximum absolute atomic E-state index is 12.4. The number of benzene rings is 2. The fourth-order valence-corrected chi connectivity index (χ4v) is 2.13. The summed E-state index contributed by atoms with van der Waals surface area (Å²) in [5.74, 6) is 0.355. The van der Waals surface area contributed by atoms with Gasteiger partial charge in [0.2, 0.25) is 0 Å². The number of hydrogen-bond donors (Lipinski definition) is 2. The lowest BCUT2D eigenvalue weighted by Gasteiger charge is -2.12. The van der Waals surface area contributed by atoms with Crippen LogP contribution in [0.2, 0.25) is 0 Å². The van der Waals surface area contributed by atoms with Crippen molar-refractivity contribution in [2.24, 2.45) is 0 Å². The zero-order valence-corrected chi connectivity index (χ0v) is 13.9. The lowest BCUT2D eigenvalue weighted by atomic mass is 10.1. The van der Waals surface area contributed by atoms with Gasteiger partial charge in [-0.1, -0.05) is 6.92 Å². The van der Waals surface area contributed by atoms with Gasteiger partial charge in [0.25, 0.3) is 11.6 Å². The van der Waals surface area contributed by atoms with Gasteiger partial charge < -0.3 is 20.5 Å². The van der Waals surface area contributed by atoms with E-state index in [1.807, 2.05) is 6.92 Å². The minimum atomic E-state index is -0.549. The van der Waals surface area contributed by atoms with Crippen molar-refractivity contribution in [3.63, 3.8) is 0 Å². The largest absolute Gasteiger partial charge is 0.495 e. The van der Waals surface area contributed by atoms with E-state index in [4.69, 9.17) is 15.2 Å². The van der Waals surface area contributed by atoms with Crippen LogP contribution in [0.15, 0.2) is 36.4 Å². The van der Waals surface area contributed by atoms with Gasteiger partial charge in [-0.2, -0.15) is 0 Å². The van der Waals surface area contributed by atoms with Gasteiger partial charge in [0, 0.05) is 17.7 Å². The van der Waals surface area contributed by atoms with E-state index in [1.165, 1.54) is 31.4 Å². The van der Waals surface area contributed by atoms with Crippen LogP contribution in [0.5, 0.6) is 11.5 Å². The number of carbonyl (C=O) groups excluding carboxylic acids is 1. The Morgan fingerprint density at radius 3 is 2.56 bits per heavy atom. The third kappa shape index (κ3) is 4.37.